The fraction of sp³-hybridized carbons (Fsp3) is 0.778. The van der Waals surface area contributed by atoms with Gasteiger partial charge in [-0.25, -0.2) is 0 Å². The Morgan fingerprint density at radius 3 is 2.08 bits per heavy atom. The van der Waals surface area contributed by atoms with Gasteiger partial charge in [0.2, 0.25) is 0 Å². The zero-order chi connectivity index (χ0) is 9.94. The minimum Gasteiger partial charge on any atom is -0.277 e. The summed E-state index contributed by atoms with van der Waals surface area (Å²) in [4.78, 5) is 1.86. The smallest absolute Gasteiger partial charge is 0.0874 e. The van der Waals surface area contributed by atoms with Crippen LogP contribution in [0.2, 0.25) is 0 Å². The van der Waals surface area contributed by atoms with E-state index < -0.39 is 0 Å². The molecule has 0 spiro atoms. The van der Waals surface area contributed by atoms with Gasteiger partial charge >= 0.3 is 0 Å². The topological polar surface area (TPSA) is 50.8 Å². The van der Waals surface area contributed by atoms with Crippen LogP contribution in [0, 0.1) is 22.7 Å². The predicted molar refractivity (Wildman–Crippen MR) is 55.4 cm³/mol. The molecule has 0 aromatic heterocycles. The molecule has 0 amide bonds. The Morgan fingerprint density at radius 2 is 1.62 bits per heavy atom. The van der Waals surface area contributed by atoms with E-state index in [1.807, 2.05) is 4.90 Å². The zero-order valence-electron chi connectivity index (χ0n) is 7.74. The van der Waals surface area contributed by atoms with Crippen LogP contribution in [0.1, 0.15) is 19.3 Å². The molecule has 0 saturated carbocycles. The lowest BCUT2D eigenvalue weighted by molar-refractivity contribution is 0.333. The molecule has 3 nitrogen and oxygen atoms in total. The fourth-order valence-corrected chi connectivity index (χ4v) is 1.26. The maximum atomic E-state index is 8.45. The quantitative estimate of drug-likeness (QED) is 0.381. The molecule has 0 aliphatic heterocycles. The number of hydrogen-bond acceptors (Lipinski definition) is 4. The Kier molecular flexibility index (Phi) is 8.87. The molecule has 0 aliphatic rings. The minimum atomic E-state index is 0.356. The lowest BCUT2D eigenvalue weighted by Crippen LogP contribution is -2.25. The van der Waals surface area contributed by atoms with Crippen molar-refractivity contribution < 1.29 is 0 Å². The van der Waals surface area contributed by atoms with Crippen LogP contribution < -0.4 is 0 Å². The van der Waals surface area contributed by atoms with Crippen LogP contribution in [-0.4, -0.2) is 30.3 Å². The average Bonchev–Trinajstić information content (AvgIpc) is 2.13. The molecule has 0 heterocycles. The first-order chi connectivity index (χ1) is 6.35. The first kappa shape index (κ1) is 12.3. The summed E-state index contributed by atoms with van der Waals surface area (Å²) in [6.45, 7) is 1.55. The number of hydrogen-bond donors (Lipinski definition) is 1. The van der Waals surface area contributed by atoms with Gasteiger partial charge in [-0.3, -0.25) is 4.90 Å². The second kappa shape index (κ2) is 9.38. The fourth-order valence-electron chi connectivity index (χ4n) is 1.04. The number of nitrogens with zero attached hydrogens (tertiary/aromatic N) is 3. The highest BCUT2D eigenvalue weighted by Crippen LogP contribution is 1.99. The zero-order valence-corrected chi connectivity index (χ0v) is 8.63. The third-order valence-electron chi connectivity index (χ3n) is 1.72. The van der Waals surface area contributed by atoms with E-state index in [0.717, 1.165) is 31.6 Å². The van der Waals surface area contributed by atoms with Crippen LogP contribution in [0.4, 0.5) is 0 Å². The molecule has 0 aromatic rings. The summed E-state index contributed by atoms with van der Waals surface area (Å²) in [7, 11) is 0. The molecule has 0 fully saturated rings. The van der Waals surface area contributed by atoms with E-state index in [-0.39, 0.29) is 0 Å². The van der Waals surface area contributed by atoms with Crippen molar-refractivity contribution in [3.63, 3.8) is 0 Å². The van der Waals surface area contributed by atoms with Crippen molar-refractivity contribution in [2.45, 2.75) is 19.3 Å². The third-order valence-corrected chi connectivity index (χ3v) is 2.04. The van der Waals surface area contributed by atoms with Crippen molar-refractivity contribution >= 4 is 12.6 Å². The summed E-state index contributed by atoms with van der Waals surface area (Å²) in [5, 5.41) is 16.9. The highest BCUT2D eigenvalue weighted by atomic mass is 32.1. The van der Waals surface area contributed by atoms with Gasteiger partial charge < -0.3 is 0 Å². The summed E-state index contributed by atoms with van der Waals surface area (Å²) < 4.78 is 0. The van der Waals surface area contributed by atoms with Crippen LogP contribution in [0.3, 0.4) is 0 Å². The summed E-state index contributed by atoms with van der Waals surface area (Å²) in [5.74, 6) is 0.913. The van der Waals surface area contributed by atoms with Crippen LogP contribution in [0.15, 0.2) is 0 Å². The highest BCUT2D eigenvalue weighted by molar-refractivity contribution is 7.80. The number of unbranched alkanes of at least 4 members (excludes halogenated alkanes) is 2. The van der Waals surface area contributed by atoms with Crippen molar-refractivity contribution in [3.8, 4) is 12.1 Å². The van der Waals surface area contributed by atoms with Gasteiger partial charge in [-0.2, -0.15) is 23.2 Å². The summed E-state index contributed by atoms with van der Waals surface area (Å²) >= 11 is 4.11. The van der Waals surface area contributed by atoms with Gasteiger partial charge in [0.05, 0.1) is 25.2 Å². The molecule has 0 saturated heterocycles. The predicted octanol–water partition coefficient (Wildman–Crippen LogP) is 1.44. The Balaban J connectivity index is 3.47. The van der Waals surface area contributed by atoms with Gasteiger partial charge in [0.15, 0.2) is 0 Å². The van der Waals surface area contributed by atoms with E-state index in [2.05, 4.69) is 24.8 Å². The molecule has 0 radical (unpaired) electrons. The molecular weight excluding hydrogens is 182 g/mol. The monoisotopic (exact) mass is 197 g/mol. The van der Waals surface area contributed by atoms with Gasteiger partial charge in [0.25, 0.3) is 0 Å². The summed E-state index contributed by atoms with van der Waals surface area (Å²) in [6.07, 6.45) is 3.27. The van der Waals surface area contributed by atoms with Gasteiger partial charge in [-0.15, -0.1) is 0 Å². The Hall–Kier alpha value is -0.710. The molecule has 0 aliphatic carbocycles. The SMILES string of the molecule is N#CCN(CC#N)CCCCCS. The number of thiol groups is 1. The Labute approximate surface area is 85.4 Å². The van der Waals surface area contributed by atoms with E-state index in [0.29, 0.717) is 13.1 Å². The molecule has 0 atom stereocenters. The van der Waals surface area contributed by atoms with Crippen molar-refractivity contribution in [1.82, 2.24) is 4.90 Å². The maximum Gasteiger partial charge on any atom is 0.0874 e. The lowest BCUT2D eigenvalue weighted by Gasteiger charge is -2.14. The van der Waals surface area contributed by atoms with E-state index >= 15 is 0 Å². The van der Waals surface area contributed by atoms with Crippen LogP contribution in [0.5, 0.6) is 0 Å². The summed E-state index contributed by atoms with van der Waals surface area (Å²) in [5.41, 5.74) is 0. The van der Waals surface area contributed by atoms with E-state index in [1.165, 1.54) is 0 Å². The van der Waals surface area contributed by atoms with Crippen molar-refractivity contribution in [2.24, 2.45) is 0 Å². The molecule has 0 rings (SSSR count). The molecule has 0 N–H and O–H groups in total. The average molecular weight is 197 g/mol. The molecule has 0 unspecified atom stereocenters. The van der Waals surface area contributed by atoms with E-state index in [4.69, 9.17) is 10.5 Å². The van der Waals surface area contributed by atoms with Crippen molar-refractivity contribution in [2.75, 3.05) is 25.4 Å². The first-order valence-electron chi connectivity index (χ1n) is 4.42. The largest absolute Gasteiger partial charge is 0.277 e. The Morgan fingerprint density at radius 1 is 1.00 bits per heavy atom. The molecule has 0 aromatic carbocycles. The van der Waals surface area contributed by atoms with Gasteiger partial charge in [-0.1, -0.05) is 6.42 Å². The molecule has 4 heteroatoms. The first-order valence-corrected chi connectivity index (χ1v) is 5.05. The van der Waals surface area contributed by atoms with Crippen LogP contribution >= 0.6 is 12.6 Å². The van der Waals surface area contributed by atoms with Gasteiger partial charge in [0, 0.05) is 6.54 Å². The number of nitriles is 2. The third kappa shape index (κ3) is 7.64. The standard InChI is InChI=1S/C9H15N3S/c10-4-7-12(8-5-11)6-2-1-3-9-13/h13H,1-3,6-9H2. The normalized spacial score (nSPS) is 9.54. The van der Waals surface area contributed by atoms with Crippen molar-refractivity contribution in [3.05, 3.63) is 0 Å². The van der Waals surface area contributed by atoms with Crippen LogP contribution in [0.25, 0.3) is 0 Å². The maximum absolute atomic E-state index is 8.45. The highest BCUT2D eigenvalue weighted by Gasteiger charge is 2.01. The Bertz CT molecular complexity index is 176. The minimum absolute atomic E-state index is 0.356. The van der Waals surface area contributed by atoms with Crippen LogP contribution in [-0.2, 0) is 0 Å². The molecule has 13 heavy (non-hydrogen) atoms. The van der Waals surface area contributed by atoms with Gasteiger partial charge in [0.1, 0.15) is 0 Å². The van der Waals surface area contributed by atoms with Crippen molar-refractivity contribution in [1.29, 1.82) is 10.5 Å². The van der Waals surface area contributed by atoms with Gasteiger partial charge in [-0.05, 0) is 18.6 Å². The van der Waals surface area contributed by atoms with E-state index in [1.54, 1.807) is 0 Å². The lowest BCUT2D eigenvalue weighted by atomic mass is 10.2. The van der Waals surface area contributed by atoms with E-state index in [9.17, 15) is 0 Å². The molecule has 72 valence electrons. The number of rotatable bonds is 7. The molecule has 0 bridgehead atoms. The summed E-state index contributed by atoms with van der Waals surface area (Å²) in [6, 6.07) is 4.11. The molecular formula is C9H15N3S. The second-order valence-electron chi connectivity index (χ2n) is 2.81. The second-order valence-corrected chi connectivity index (χ2v) is 3.26.